The maximum atomic E-state index is 11.9. The van der Waals surface area contributed by atoms with Crippen molar-refractivity contribution in [3.63, 3.8) is 0 Å². The van der Waals surface area contributed by atoms with Crippen molar-refractivity contribution in [2.24, 2.45) is 0 Å². The standard InChI is InChI=1S/C8H11F3N2O2/c1-13-4-5(2-3-6(13)14)12-7(15)8(9,10)11/h5H,2-4H2,1H3,(H,12,15). The van der Waals surface area contributed by atoms with Crippen LogP contribution in [0.15, 0.2) is 0 Å². The van der Waals surface area contributed by atoms with Gasteiger partial charge in [-0.05, 0) is 6.42 Å². The van der Waals surface area contributed by atoms with Gasteiger partial charge >= 0.3 is 12.1 Å². The first-order valence-electron chi connectivity index (χ1n) is 4.42. The second-order valence-corrected chi connectivity index (χ2v) is 3.48. The highest BCUT2D eigenvalue weighted by atomic mass is 19.4. The maximum absolute atomic E-state index is 11.9. The summed E-state index contributed by atoms with van der Waals surface area (Å²) in [6.07, 6.45) is -4.44. The molecule has 1 aliphatic heterocycles. The minimum atomic E-state index is -4.86. The predicted molar refractivity (Wildman–Crippen MR) is 44.9 cm³/mol. The number of carbonyl (C=O) groups is 2. The highest BCUT2D eigenvalue weighted by Crippen LogP contribution is 2.16. The number of likely N-dealkylation sites (N-methyl/N-ethyl adjacent to an activating group) is 1. The molecule has 2 amide bonds. The van der Waals surface area contributed by atoms with Crippen molar-refractivity contribution in [1.82, 2.24) is 10.2 Å². The topological polar surface area (TPSA) is 49.4 Å². The molecule has 7 heteroatoms. The fourth-order valence-electron chi connectivity index (χ4n) is 1.40. The van der Waals surface area contributed by atoms with Crippen LogP contribution in [0.2, 0.25) is 0 Å². The molecule has 0 radical (unpaired) electrons. The monoisotopic (exact) mass is 224 g/mol. The second kappa shape index (κ2) is 4.08. The van der Waals surface area contributed by atoms with Crippen molar-refractivity contribution < 1.29 is 22.8 Å². The number of carbonyl (C=O) groups excluding carboxylic acids is 2. The van der Waals surface area contributed by atoms with E-state index in [9.17, 15) is 22.8 Å². The number of amides is 2. The third-order valence-corrected chi connectivity index (χ3v) is 2.22. The zero-order valence-corrected chi connectivity index (χ0v) is 8.10. The van der Waals surface area contributed by atoms with Crippen molar-refractivity contribution in [2.45, 2.75) is 25.1 Å². The van der Waals surface area contributed by atoms with Gasteiger partial charge in [-0.3, -0.25) is 9.59 Å². The number of hydrogen-bond donors (Lipinski definition) is 1. The van der Waals surface area contributed by atoms with Gasteiger partial charge in [-0.25, -0.2) is 0 Å². The largest absolute Gasteiger partial charge is 0.471 e. The van der Waals surface area contributed by atoms with Crippen LogP contribution in [0.4, 0.5) is 13.2 Å². The van der Waals surface area contributed by atoms with Gasteiger partial charge in [0.2, 0.25) is 5.91 Å². The van der Waals surface area contributed by atoms with Gasteiger partial charge in [0.1, 0.15) is 0 Å². The lowest BCUT2D eigenvalue weighted by molar-refractivity contribution is -0.174. The van der Waals surface area contributed by atoms with E-state index in [0.29, 0.717) is 0 Å². The predicted octanol–water partition coefficient (Wildman–Crippen LogP) is 0.286. The number of nitrogens with one attached hydrogen (secondary N) is 1. The van der Waals surface area contributed by atoms with E-state index in [-0.39, 0.29) is 25.3 Å². The molecular formula is C8H11F3N2O2. The van der Waals surface area contributed by atoms with E-state index < -0.39 is 18.1 Å². The van der Waals surface area contributed by atoms with Crippen LogP contribution in [0.5, 0.6) is 0 Å². The molecule has 0 aromatic carbocycles. The molecule has 0 aliphatic carbocycles. The first-order valence-corrected chi connectivity index (χ1v) is 4.42. The highest BCUT2D eigenvalue weighted by molar-refractivity contribution is 5.82. The van der Waals surface area contributed by atoms with Crippen molar-refractivity contribution in [1.29, 1.82) is 0 Å². The van der Waals surface area contributed by atoms with Crippen LogP contribution in [-0.2, 0) is 9.59 Å². The van der Waals surface area contributed by atoms with E-state index in [1.165, 1.54) is 11.9 Å². The number of likely N-dealkylation sites (tertiary alicyclic amines) is 1. The summed E-state index contributed by atoms with van der Waals surface area (Å²) in [5, 5.41) is 1.85. The minimum absolute atomic E-state index is 0.118. The lowest BCUT2D eigenvalue weighted by Gasteiger charge is -2.30. The Kier molecular flexibility index (Phi) is 3.21. The second-order valence-electron chi connectivity index (χ2n) is 3.48. The van der Waals surface area contributed by atoms with Gasteiger partial charge in [-0.15, -0.1) is 0 Å². The molecule has 1 atom stereocenters. The lowest BCUT2D eigenvalue weighted by Crippen LogP contribution is -2.51. The number of hydrogen-bond acceptors (Lipinski definition) is 2. The number of piperidine rings is 1. The minimum Gasteiger partial charge on any atom is -0.344 e. The molecule has 1 N–H and O–H groups in total. The fraction of sp³-hybridized carbons (Fsp3) is 0.750. The summed E-state index contributed by atoms with van der Waals surface area (Å²) in [7, 11) is 1.49. The fourth-order valence-corrected chi connectivity index (χ4v) is 1.40. The van der Waals surface area contributed by atoms with Crippen LogP contribution in [0, 0.1) is 0 Å². The van der Waals surface area contributed by atoms with Crippen LogP contribution < -0.4 is 5.32 Å². The Hall–Kier alpha value is -1.27. The van der Waals surface area contributed by atoms with Gasteiger partial charge in [0.05, 0.1) is 0 Å². The average molecular weight is 224 g/mol. The summed E-state index contributed by atoms with van der Waals surface area (Å²) < 4.78 is 35.7. The van der Waals surface area contributed by atoms with Crippen LogP contribution in [0.25, 0.3) is 0 Å². The van der Waals surface area contributed by atoms with E-state index in [1.807, 2.05) is 5.32 Å². The molecule has 1 aliphatic rings. The summed E-state index contributed by atoms with van der Waals surface area (Å²) in [5.41, 5.74) is 0. The maximum Gasteiger partial charge on any atom is 0.471 e. The van der Waals surface area contributed by atoms with E-state index in [0.717, 1.165) is 0 Å². The van der Waals surface area contributed by atoms with Gasteiger partial charge in [-0.2, -0.15) is 13.2 Å². The number of nitrogens with zero attached hydrogens (tertiary/aromatic N) is 1. The number of alkyl halides is 3. The van der Waals surface area contributed by atoms with E-state index in [2.05, 4.69) is 0 Å². The van der Waals surface area contributed by atoms with E-state index in [1.54, 1.807) is 0 Å². The Bertz CT molecular complexity index is 278. The highest BCUT2D eigenvalue weighted by Gasteiger charge is 2.40. The smallest absolute Gasteiger partial charge is 0.344 e. The molecule has 0 aromatic heterocycles. The van der Waals surface area contributed by atoms with Gasteiger partial charge in [0, 0.05) is 26.1 Å². The molecule has 1 rings (SSSR count). The Morgan fingerprint density at radius 1 is 1.53 bits per heavy atom. The molecule has 0 aromatic rings. The molecule has 0 saturated carbocycles. The summed E-state index contributed by atoms with van der Waals surface area (Å²) in [5.74, 6) is -2.07. The van der Waals surface area contributed by atoms with Gasteiger partial charge in [0.25, 0.3) is 0 Å². The molecular weight excluding hydrogens is 213 g/mol. The van der Waals surface area contributed by atoms with Gasteiger partial charge in [0.15, 0.2) is 0 Å². The first-order chi connectivity index (χ1) is 6.80. The Morgan fingerprint density at radius 3 is 2.60 bits per heavy atom. The van der Waals surface area contributed by atoms with E-state index in [4.69, 9.17) is 0 Å². The third kappa shape index (κ3) is 3.10. The van der Waals surface area contributed by atoms with Crippen molar-refractivity contribution in [3.05, 3.63) is 0 Å². The normalized spacial score (nSPS) is 22.8. The zero-order valence-electron chi connectivity index (χ0n) is 8.10. The third-order valence-electron chi connectivity index (χ3n) is 2.22. The molecule has 1 fully saturated rings. The van der Waals surface area contributed by atoms with Crippen molar-refractivity contribution >= 4 is 11.8 Å². The molecule has 0 bridgehead atoms. The van der Waals surface area contributed by atoms with Gasteiger partial charge in [-0.1, -0.05) is 0 Å². The van der Waals surface area contributed by atoms with Crippen LogP contribution in [0.3, 0.4) is 0 Å². The van der Waals surface area contributed by atoms with E-state index >= 15 is 0 Å². The summed E-state index contributed by atoms with van der Waals surface area (Å²) in [4.78, 5) is 22.9. The van der Waals surface area contributed by atoms with Crippen LogP contribution in [-0.4, -0.2) is 42.5 Å². The Morgan fingerprint density at radius 2 is 2.13 bits per heavy atom. The Labute approximate surface area is 84.4 Å². The van der Waals surface area contributed by atoms with Crippen LogP contribution in [0.1, 0.15) is 12.8 Å². The first kappa shape index (κ1) is 11.8. The van der Waals surface area contributed by atoms with Crippen molar-refractivity contribution in [3.8, 4) is 0 Å². The molecule has 86 valence electrons. The molecule has 1 saturated heterocycles. The summed E-state index contributed by atoms with van der Waals surface area (Å²) in [6, 6.07) is -0.609. The summed E-state index contributed by atoms with van der Waals surface area (Å²) >= 11 is 0. The quantitative estimate of drug-likeness (QED) is 0.695. The van der Waals surface area contributed by atoms with Crippen molar-refractivity contribution in [2.75, 3.05) is 13.6 Å². The molecule has 4 nitrogen and oxygen atoms in total. The molecule has 1 unspecified atom stereocenters. The molecule has 1 heterocycles. The number of rotatable bonds is 1. The summed E-state index contributed by atoms with van der Waals surface area (Å²) in [6.45, 7) is 0.126. The zero-order chi connectivity index (χ0) is 11.6. The molecule has 15 heavy (non-hydrogen) atoms. The Balaban J connectivity index is 2.47. The molecule has 0 spiro atoms. The van der Waals surface area contributed by atoms with Gasteiger partial charge < -0.3 is 10.2 Å². The lowest BCUT2D eigenvalue weighted by atomic mass is 10.1. The SMILES string of the molecule is CN1CC(NC(=O)C(F)(F)F)CCC1=O. The average Bonchev–Trinajstić information content (AvgIpc) is 2.10. The van der Waals surface area contributed by atoms with Crippen LogP contribution >= 0.6 is 0 Å². The number of halogens is 3.